The number of benzene rings is 1. The van der Waals surface area contributed by atoms with Crippen molar-refractivity contribution in [3.05, 3.63) is 20.1 Å². The van der Waals surface area contributed by atoms with Gasteiger partial charge >= 0.3 is 149 Å². The van der Waals surface area contributed by atoms with Crippen LogP contribution in [0.15, 0.2) is 0 Å². The first-order valence-electron chi connectivity index (χ1n) is 6.14. The fraction of sp³-hybridized carbons (Fsp3) is 0.455. The molecule has 0 radical (unpaired) electrons. The van der Waals surface area contributed by atoms with E-state index in [2.05, 4.69) is 4.90 Å². The SMILES string of the molecule is CN1CC[O][Sn]2([O]CC1)[O]c1c(Cl)c(Cl)c(Cl)c(Cl)c1[O]2. The first kappa shape index (κ1) is 16.5. The van der Waals surface area contributed by atoms with Crippen LogP contribution in [0.25, 0.3) is 0 Å². The molecule has 0 N–H and O–H groups in total. The molecule has 0 amide bonds. The van der Waals surface area contributed by atoms with Crippen molar-refractivity contribution in [3.63, 3.8) is 0 Å². The number of hydrogen-bond donors (Lipinski definition) is 0. The van der Waals surface area contributed by atoms with Gasteiger partial charge in [0.15, 0.2) is 0 Å². The van der Waals surface area contributed by atoms with E-state index in [1.165, 1.54) is 0 Å². The molecule has 1 aromatic rings. The van der Waals surface area contributed by atoms with Gasteiger partial charge in [-0.15, -0.1) is 0 Å². The zero-order valence-electron chi connectivity index (χ0n) is 10.9. The van der Waals surface area contributed by atoms with Crippen LogP contribution in [0.2, 0.25) is 20.1 Å². The van der Waals surface area contributed by atoms with Gasteiger partial charge in [0, 0.05) is 0 Å². The molecule has 0 atom stereocenters. The number of nitrogens with zero attached hydrogens (tertiary/aromatic N) is 1. The third-order valence-corrected chi connectivity index (χ3v) is 10.7. The second-order valence-electron chi connectivity index (χ2n) is 4.62. The van der Waals surface area contributed by atoms with E-state index in [1.807, 2.05) is 7.05 Å². The summed E-state index contributed by atoms with van der Waals surface area (Å²) in [6, 6.07) is 0. The van der Waals surface area contributed by atoms with Crippen molar-refractivity contribution in [1.82, 2.24) is 4.90 Å². The summed E-state index contributed by atoms with van der Waals surface area (Å²) in [5.41, 5.74) is 0. The molecule has 2 heterocycles. The van der Waals surface area contributed by atoms with E-state index < -0.39 is 20.0 Å². The van der Waals surface area contributed by atoms with Gasteiger partial charge in [0.25, 0.3) is 0 Å². The van der Waals surface area contributed by atoms with Gasteiger partial charge in [0.05, 0.1) is 0 Å². The standard InChI is InChI=1S/C6H2Cl4O2.C5H11NO2.Sn/c7-1-2(8)4(10)6(12)5(11)3(1)9;1-6(2-4-7)3-5-8;/h11-12H;2-5H2,1H3;/q;-2;+4/p-2. The summed E-state index contributed by atoms with van der Waals surface area (Å²) in [7, 11) is 1.98. The molecule has 1 saturated heterocycles. The van der Waals surface area contributed by atoms with Crippen molar-refractivity contribution in [2.24, 2.45) is 0 Å². The van der Waals surface area contributed by atoms with Gasteiger partial charge in [-0.05, 0) is 0 Å². The molecule has 1 fully saturated rings. The van der Waals surface area contributed by atoms with Crippen molar-refractivity contribution >= 4 is 66.4 Å². The van der Waals surface area contributed by atoms with Crippen molar-refractivity contribution in [2.45, 2.75) is 0 Å². The molecular formula is C11H11Cl4NO4Sn. The molecule has 0 aromatic heterocycles. The summed E-state index contributed by atoms with van der Waals surface area (Å²) < 4.78 is 23.2. The molecule has 2 aliphatic rings. The molecule has 0 bridgehead atoms. The minimum absolute atomic E-state index is 0.125. The van der Waals surface area contributed by atoms with Gasteiger partial charge in [-0.1, -0.05) is 0 Å². The zero-order chi connectivity index (χ0) is 15.2. The fourth-order valence-electron chi connectivity index (χ4n) is 1.97. The van der Waals surface area contributed by atoms with Crippen LogP contribution in [0.3, 0.4) is 0 Å². The van der Waals surface area contributed by atoms with Gasteiger partial charge < -0.3 is 0 Å². The average molecular weight is 482 g/mol. The Labute approximate surface area is 147 Å². The Morgan fingerprint density at radius 3 is 1.67 bits per heavy atom. The van der Waals surface area contributed by atoms with Crippen LogP contribution in [0.5, 0.6) is 11.5 Å². The van der Waals surface area contributed by atoms with Crippen LogP contribution in [0.1, 0.15) is 0 Å². The van der Waals surface area contributed by atoms with E-state index in [0.717, 1.165) is 13.1 Å². The van der Waals surface area contributed by atoms with Gasteiger partial charge in [0.1, 0.15) is 0 Å². The number of likely N-dealkylation sites (N-methyl/N-ethyl adjacent to an activating group) is 1. The maximum absolute atomic E-state index is 6.15. The van der Waals surface area contributed by atoms with E-state index in [0.29, 0.717) is 13.2 Å². The Balaban J connectivity index is 1.93. The number of fused-ring (bicyclic) bond motifs is 1. The molecule has 0 saturated carbocycles. The quantitative estimate of drug-likeness (QED) is 0.322. The van der Waals surface area contributed by atoms with Crippen LogP contribution in [0.4, 0.5) is 0 Å². The normalized spacial score (nSPS) is 21.4. The molecule has 1 spiro atoms. The van der Waals surface area contributed by atoms with E-state index in [-0.39, 0.29) is 31.6 Å². The number of hydrogen-bond acceptors (Lipinski definition) is 5. The molecule has 21 heavy (non-hydrogen) atoms. The summed E-state index contributed by atoms with van der Waals surface area (Å²) in [5.74, 6) is 0.501. The monoisotopic (exact) mass is 481 g/mol. The molecule has 116 valence electrons. The Morgan fingerprint density at radius 1 is 0.810 bits per heavy atom. The first-order chi connectivity index (χ1) is 9.93. The van der Waals surface area contributed by atoms with E-state index in [4.69, 9.17) is 58.7 Å². The van der Waals surface area contributed by atoms with Crippen LogP contribution >= 0.6 is 46.4 Å². The molecular weight excluding hydrogens is 471 g/mol. The first-order valence-corrected chi connectivity index (χ1v) is 12.3. The van der Waals surface area contributed by atoms with Gasteiger partial charge in [-0.3, -0.25) is 0 Å². The van der Waals surface area contributed by atoms with Gasteiger partial charge in [0.2, 0.25) is 0 Å². The molecule has 3 rings (SSSR count). The van der Waals surface area contributed by atoms with Crippen molar-refractivity contribution in [1.29, 1.82) is 0 Å². The maximum atomic E-state index is 6.15. The minimum atomic E-state index is -4.20. The predicted octanol–water partition coefficient (Wildman–Crippen LogP) is 3.49. The molecule has 10 heteroatoms. The van der Waals surface area contributed by atoms with Crippen molar-refractivity contribution < 1.29 is 12.3 Å². The van der Waals surface area contributed by atoms with Crippen molar-refractivity contribution in [3.8, 4) is 11.5 Å². The third kappa shape index (κ3) is 3.04. The van der Waals surface area contributed by atoms with E-state index in [1.54, 1.807) is 0 Å². The van der Waals surface area contributed by atoms with E-state index in [9.17, 15) is 0 Å². The van der Waals surface area contributed by atoms with Crippen LogP contribution in [-0.2, 0) is 6.15 Å². The average Bonchev–Trinajstić information content (AvgIpc) is 2.82. The van der Waals surface area contributed by atoms with Crippen LogP contribution in [-0.4, -0.2) is 58.3 Å². The molecule has 1 aromatic carbocycles. The van der Waals surface area contributed by atoms with Gasteiger partial charge in [-0.2, -0.15) is 0 Å². The molecule has 5 nitrogen and oxygen atoms in total. The summed E-state index contributed by atoms with van der Waals surface area (Å²) in [6.45, 7) is 2.40. The Kier molecular flexibility index (Phi) is 4.94. The number of rotatable bonds is 0. The Morgan fingerprint density at radius 2 is 1.24 bits per heavy atom. The molecule has 0 unspecified atom stereocenters. The van der Waals surface area contributed by atoms with Gasteiger partial charge in [-0.25, -0.2) is 0 Å². The summed E-state index contributed by atoms with van der Waals surface area (Å²) >= 11 is 20.1. The fourth-order valence-corrected chi connectivity index (χ4v) is 8.75. The second-order valence-corrected chi connectivity index (χ2v) is 11.8. The van der Waals surface area contributed by atoms with Crippen molar-refractivity contribution in [2.75, 3.05) is 33.4 Å². The predicted molar refractivity (Wildman–Crippen MR) is 82.9 cm³/mol. The summed E-state index contributed by atoms with van der Waals surface area (Å²) in [6.07, 6.45) is 0. The summed E-state index contributed by atoms with van der Waals surface area (Å²) in [4.78, 5) is 2.09. The Bertz CT molecular complexity index is 539. The number of halogens is 4. The van der Waals surface area contributed by atoms with E-state index >= 15 is 0 Å². The topological polar surface area (TPSA) is 40.2 Å². The Hall–Kier alpha value is 0.659. The van der Waals surface area contributed by atoms with Crippen LogP contribution in [0, 0.1) is 0 Å². The third-order valence-electron chi connectivity index (χ3n) is 3.14. The molecule has 2 aliphatic heterocycles. The molecule has 0 aliphatic carbocycles. The summed E-state index contributed by atoms with van der Waals surface area (Å²) in [5, 5.41) is 0.557. The zero-order valence-corrected chi connectivity index (χ0v) is 16.8. The second kappa shape index (κ2) is 6.28. The van der Waals surface area contributed by atoms with Crippen LogP contribution < -0.4 is 6.15 Å².